The van der Waals surface area contributed by atoms with Crippen LogP contribution in [0.1, 0.15) is 23.3 Å². The lowest BCUT2D eigenvalue weighted by molar-refractivity contribution is -0.138. The summed E-state index contributed by atoms with van der Waals surface area (Å²) in [6, 6.07) is 2.16. The topological polar surface area (TPSA) is 37.3 Å². The summed E-state index contributed by atoms with van der Waals surface area (Å²) in [4.78, 5) is 11.9. The summed E-state index contributed by atoms with van der Waals surface area (Å²) >= 11 is 1.76. The van der Waals surface area contributed by atoms with E-state index in [1.807, 2.05) is 0 Å². The molecule has 0 amide bonds. The van der Waals surface area contributed by atoms with Crippen LogP contribution in [0.4, 0.5) is 0 Å². The summed E-state index contributed by atoms with van der Waals surface area (Å²) < 4.78 is 0. The monoisotopic (exact) mass is 196 g/mol. The molecule has 13 heavy (non-hydrogen) atoms. The maximum atomic E-state index is 10.5. The van der Waals surface area contributed by atoms with Crippen molar-refractivity contribution in [3.8, 4) is 0 Å². The minimum Gasteiger partial charge on any atom is -0.481 e. The molecule has 0 aliphatic heterocycles. The molecule has 1 heterocycles. The molecule has 0 aromatic carbocycles. The highest BCUT2D eigenvalue weighted by molar-refractivity contribution is 7.10. The third-order valence-electron chi connectivity index (χ3n) is 2.60. The van der Waals surface area contributed by atoms with Crippen molar-refractivity contribution in [2.24, 2.45) is 5.92 Å². The van der Waals surface area contributed by atoms with Gasteiger partial charge in [0.15, 0.2) is 0 Å². The van der Waals surface area contributed by atoms with E-state index in [1.165, 1.54) is 10.4 Å². The van der Waals surface area contributed by atoms with Crippen LogP contribution in [0, 0.1) is 5.92 Å². The molecule has 70 valence electrons. The predicted octanol–water partition coefficient (Wildman–Crippen LogP) is 2.33. The van der Waals surface area contributed by atoms with Gasteiger partial charge < -0.3 is 5.11 Å². The number of aliphatic carboxylic acids is 1. The number of hydrogen-bond acceptors (Lipinski definition) is 2. The van der Waals surface area contributed by atoms with Crippen LogP contribution in [0.3, 0.4) is 0 Å². The predicted molar refractivity (Wildman–Crippen MR) is 52.1 cm³/mol. The first-order valence-electron chi connectivity index (χ1n) is 4.52. The summed E-state index contributed by atoms with van der Waals surface area (Å²) in [7, 11) is 0. The van der Waals surface area contributed by atoms with E-state index in [4.69, 9.17) is 5.11 Å². The van der Waals surface area contributed by atoms with Gasteiger partial charge >= 0.3 is 5.97 Å². The van der Waals surface area contributed by atoms with E-state index in [1.54, 1.807) is 11.3 Å². The zero-order chi connectivity index (χ0) is 9.26. The third kappa shape index (κ3) is 1.91. The summed E-state index contributed by atoms with van der Waals surface area (Å²) in [6.45, 7) is 0. The van der Waals surface area contributed by atoms with Crippen LogP contribution in [0.15, 0.2) is 11.4 Å². The van der Waals surface area contributed by atoms with Crippen LogP contribution in [0.2, 0.25) is 0 Å². The molecule has 0 saturated heterocycles. The fourth-order valence-electron chi connectivity index (χ4n) is 1.91. The van der Waals surface area contributed by atoms with Gasteiger partial charge in [-0.15, -0.1) is 11.3 Å². The number of hydrogen-bond donors (Lipinski definition) is 1. The van der Waals surface area contributed by atoms with Crippen LogP contribution >= 0.6 is 11.3 Å². The normalized spacial score (nSPS) is 21.1. The Hall–Kier alpha value is -0.830. The number of carbonyl (C=O) groups is 1. The van der Waals surface area contributed by atoms with Crippen LogP contribution in [0.5, 0.6) is 0 Å². The molecule has 3 heteroatoms. The smallest absolute Gasteiger partial charge is 0.303 e. The zero-order valence-corrected chi connectivity index (χ0v) is 8.14. The van der Waals surface area contributed by atoms with Gasteiger partial charge in [0.1, 0.15) is 0 Å². The summed E-state index contributed by atoms with van der Waals surface area (Å²) in [5.74, 6) is -0.298. The van der Waals surface area contributed by atoms with E-state index in [2.05, 4.69) is 11.4 Å². The van der Waals surface area contributed by atoms with E-state index in [9.17, 15) is 4.79 Å². The largest absolute Gasteiger partial charge is 0.481 e. The second kappa shape index (κ2) is 3.50. The number of carboxylic acid groups (broad SMARTS) is 1. The van der Waals surface area contributed by atoms with Crippen molar-refractivity contribution in [3.05, 3.63) is 21.9 Å². The van der Waals surface area contributed by atoms with Crippen LogP contribution in [-0.2, 0) is 17.6 Å². The highest BCUT2D eigenvalue weighted by Gasteiger charge is 2.21. The second-order valence-corrected chi connectivity index (χ2v) is 4.58. The van der Waals surface area contributed by atoms with Crippen molar-refractivity contribution in [3.63, 3.8) is 0 Å². The van der Waals surface area contributed by atoms with Crippen molar-refractivity contribution < 1.29 is 9.90 Å². The van der Waals surface area contributed by atoms with E-state index in [0.29, 0.717) is 12.3 Å². The Morgan fingerprint density at radius 3 is 3.31 bits per heavy atom. The standard InChI is InChI=1S/C10H12O2S/c11-10(12)6-7-1-2-8-3-4-13-9(8)5-7/h3-4,7H,1-2,5-6H2,(H,11,12). The highest BCUT2D eigenvalue weighted by Crippen LogP contribution is 2.30. The molecular formula is C10H12O2S. The maximum absolute atomic E-state index is 10.5. The molecule has 2 nitrogen and oxygen atoms in total. The first kappa shape index (κ1) is 8.75. The van der Waals surface area contributed by atoms with Gasteiger partial charge in [0.25, 0.3) is 0 Å². The molecule has 2 rings (SSSR count). The lowest BCUT2D eigenvalue weighted by atomic mass is 9.87. The summed E-state index contributed by atoms with van der Waals surface area (Å²) in [5.41, 5.74) is 1.44. The number of rotatable bonds is 2. The molecule has 0 bridgehead atoms. The van der Waals surface area contributed by atoms with Gasteiger partial charge in [-0.05, 0) is 42.2 Å². The van der Waals surface area contributed by atoms with Crippen molar-refractivity contribution in [1.82, 2.24) is 0 Å². The maximum Gasteiger partial charge on any atom is 0.303 e. The lowest BCUT2D eigenvalue weighted by Crippen LogP contribution is -2.15. The van der Waals surface area contributed by atoms with Gasteiger partial charge in [0.2, 0.25) is 0 Å². The van der Waals surface area contributed by atoms with E-state index >= 15 is 0 Å². The third-order valence-corrected chi connectivity index (χ3v) is 3.58. The zero-order valence-electron chi connectivity index (χ0n) is 7.32. The first-order valence-corrected chi connectivity index (χ1v) is 5.40. The number of aryl methyl sites for hydroxylation is 1. The van der Waals surface area contributed by atoms with Gasteiger partial charge in [-0.1, -0.05) is 0 Å². The summed E-state index contributed by atoms with van der Waals surface area (Å²) in [6.07, 6.45) is 3.41. The molecule has 1 aliphatic carbocycles. The van der Waals surface area contributed by atoms with Crippen molar-refractivity contribution in [2.45, 2.75) is 25.7 Å². The number of thiophene rings is 1. The van der Waals surface area contributed by atoms with Crippen molar-refractivity contribution >= 4 is 17.3 Å². The Bertz CT molecular complexity index is 316. The summed E-state index contributed by atoms with van der Waals surface area (Å²) in [5, 5.41) is 10.8. The average molecular weight is 196 g/mol. The SMILES string of the molecule is O=C(O)CC1CCc2ccsc2C1. The van der Waals surface area contributed by atoms with E-state index in [0.717, 1.165) is 19.3 Å². The van der Waals surface area contributed by atoms with Crippen LogP contribution in [-0.4, -0.2) is 11.1 Å². The van der Waals surface area contributed by atoms with Crippen molar-refractivity contribution in [1.29, 1.82) is 0 Å². The Morgan fingerprint density at radius 2 is 2.54 bits per heavy atom. The minimum absolute atomic E-state index is 0.331. The Kier molecular flexibility index (Phi) is 2.36. The molecule has 0 spiro atoms. The molecule has 0 radical (unpaired) electrons. The second-order valence-electron chi connectivity index (χ2n) is 3.58. The first-order chi connectivity index (χ1) is 6.25. The molecular weight excluding hydrogens is 184 g/mol. The van der Waals surface area contributed by atoms with Gasteiger partial charge in [0.05, 0.1) is 0 Å². The van der Waals surface area contributed by atoms with Gasteiger partial charge in [0, 0.05) is 11.3 Å². The van der Waals surface area contributed by atoms with Gasteiger partial charge in [-0.25, -0.2) is 0 Å². The Morgan fingerprint density at radius 1 is 1.69 bits per heavy atom. The molecule has 1 unspecified atom stereocenters. The lowest BCUT2D eigenvalue weighted by Gasteiger charge is -2.19. The quantitative estimate of drug-likeness (QED) is 0.788. The van der Waals surface area contributed by atoms with Crippen LogP contribution in [0.25, 0.3) is 0 Å². The fourth-order valence-corrected chi connectivity index (χ4v) is 2.96. The van der Waals surface area contributed by atoms with Crippen LogP contribution < -0.4 is 0 Å². The Labute approximate surface area is 81.2 Å². The molecule has 1 aromatic heterocycles. The highest BCUT2D eigenvalue weighted by atomic mass is 32.1. The number of carboxylic acids is 1. The molecule has 1 aliphatic rings. The fraction of sp³-hybridized carbons (Fsp3) is 0.500. The molecule has 1 aromatic rings. The van der Waals surface area contributed by atoms with E-state index in [-0.39, 0.29) is 0 Å². The number of fused-ring (bicyclic) bond motifs is 1. The van der Waals surface area contributed by atoms with Gasteiger partial charge in [-0.2, -0.15) is 0 Å². The molecule has 0 saturated carbocycles. The average Bonchev–Trinajstić information content (AvgIpc) is 2.49. The molecule has 1 N–H and O–H groups in total. The Balaban J connectivity index is 2.04. The van der Waals surface area contributed by atoms with Gasteiger partial charge in [-0.3, -0.25) is 4.79 Å². The minimum atomic E-state index is -0.662. The molecule has 1 atom stereocenters. The molecule has 0 fully saturated rings. The van der Waals surface area contributed by atoms with E-state index < -0.39 is 5.97 Å². The van der Waals surface area contributed by atoms with Crippen molar-refractivity contribution in [2.75, 3.05) is 0 Å².